The molecule has 1 atom stereocenters. The van der Waals surface area contributed by atoms with Gasteiger partial charge in [-0.15, -0.1) is 0 Å². The molecule has 0 radical (unpaired) electrons. The highest BCUT2D eigenvalue weighted by atomic mass is 16.2. The van der Waals surface area contributed by atoms with Crippen LogP contribution < -0.4 is 5.32 Å². The van der Waals surface area contributed by atoms with Gasteiger partial charge in [0.1, 0.15) is 0 Å². The van der Waals surface area contributed by atoms with Crippen LogP contribution in [0, 0.1) is 5.41 Å². The van der Waals surface area contributed by atoms with Crippen molar-refractivity contribution in [2.45, 2.75) is 72.3 Å². The Labute approximate surface area is 204 Å². The summed E-state index contributed by atoms with van der Waals surface area (Å²) < 4.78 is 0. The number of aryl methyl sites for hydroxylation is 2. The summed E-state index contributed by atoms with van der Waals surface area (Å²) in [7, 11) is 0. The zero-order valence-corrected chi connectivity index (χ0v) is 21.1. The Balaban J connectivity index is 1.51. The SMILES string of the molecule is CCC(CC(=O)N1CCC(=C2c3ccccc3CCc3ccccc32)CC1)NC(=O)C(C)(C)C. The summed E-state index contributed by atoms with van der Waals surface area (Å²) >= 11 is 0. The average molecular weight is 459 g/mol. The molecule has 2 aromatic carbocycles. The number of benzene rings is 2. The predicted octanol–water partition coefficient (Wildman–Crippen LogP) is 5.54. The van der Waals surface area contributed by atoms with Crippen LogP contribution in [0.25, 0.3) is 5.57 Å². The van der Waals surface area contributed by atoms with Crippen LogP contribution in [0.5, 0.6) is 0 Å². The number of hydrogen-bond donors (Lipinski definition) is 1. The number of carbonyl (C=O) groups excluding carboxylic acids is 2. The molecule has 1 saturated heterocycles. The minimum absolute atomic E-state index is 0.00325. The molecule has 4 nitrogen and oxygen atoms in total. The van der Waals surface area contributed by atoms with Crippen LogP contribution in [-0.4, -0.2) is 35.8 Å². The van der Waals surface area contributed by atoms with Crippen molar-refractivity contribution in [1.29, 1.82) is 0 Å². The first-order valence-electron chi connectivity index (χ1n) is 12.7. The van der Waals surface area contributed by atoms with E-state index in [1.54, 1.807) is 0 Å². The van der Waals surface area contributed by atoms with Gasteiger partial charge in [0.05, 0.1) is 0 Å². The average Bonchev–Trinajstić information content (AvgIpc) is 3.00. The Hall–Kier alpha value is -2.88. The van der Waals surface area contributed by atoms with Gasteiger partial charge in [0.15, 0.2) is 0 Å². The fraction of sp³-hybridized carbons (Fsp3) is 0.467. The van der Waals surface area contributed by atoms with Crippen molar-refractivity contribution in [2.24, 2.45) is 5.41 Å². The van der Waals surface area contributed by atoms with Crippen molar-refractivity contribution in [3.05, 3.63) is 76.4 Å². The van der Waals surface area contributed by atoms with E-state index >= 15 is 0 Å². The lowest BCUT2D eigenvalue weighted by Gasteiger charge is -2.32. The first-order chi connectivity index (χ1) is 16.3. The van der Waals surface area contributed by atoms with Crippen molar-refractivity contribution < 1.29 is 9.59 Å². The second kappa shape index (κ2) is 10.2. The van der Waals surface area contributed by atoms with Crippen molar-refractivity contribution in [2.75, 3.05) is 13.1 Å². The maximum atomic E-state index is 13.1. The van der Waals surface area contributed by atoms with Crippen LogP contribution in [0.1, 0.15) is 75.6 Å². The molecule has 4 rings (SSSR count). The van der Waals surface area contributed by atoms with E-state index in [0.717, 1.165) is 45.2 Å². The van der Waals surface area contributed by atoms with Gasteiger partial charge in [-0.1, -0.05) is 81.8 Å². The Morgan fingerprint density at radius 3 is 1.91 bits per heavy atom. The van der Waals surface area contributed by atoms with Gasteiger partial charge in [-0.25, -0.2) is 0 Å². The monoisotopic (exact) mass is 458 g/mol. The van der Waals surface area contributed by atoms with Gasteiger partial charge in [0.25, 0.3) is 0 Å². The van der Waals surface area contributed by atoms with Crippen LogP contribution in [0.2, 0.25) is 0 Å². The van der Waals surface area contributed by atoms with E-state index in [0.29, 0.717) is 6.42 Å². The van der Waals surface area contributed by atoms with E-state index in [2.05, 4.69) is 53.8 Å². The summed E-state index contributed by atoms with van der Waals surface area (Å²) in [5, 5.41) is 3.07. The van der Waals surface area contributed by atoms with Crippen LogP contribution in [0.4, 0.5) is 0 Å². The van der Waals surface area contributed by atoms with E-state index in [-0.39, 0.29) is 17.9 Å². The summed E-state index contributed by atoms with van der Waals surface area (Å²) in [6.45, 7) is 9.22. The predicted molar refractivity (Wildman–Crippen MR) is 138 cm³/mol. The fourth-order valence-corrected chi connectivity index (χ4v) is 5.07. The number of nitrogens with zero attached hydrogens (tertiary/aromatic N) is 1. The van der Waals surface area contributed by atoms with Gasteiger partial charge in [-0.3, -0.25) is 9.59 Å². The number of piperidine rings is 1. The van der Waals surface area contributed by atoms with Gasteiger partial charge in [0.2, 0.25) is 11.8 Å². The fourth-order valence-electron chi connectivity index (χ4n) is 5.07. The topological polar surface area (TPSA) is 49.4 Å². The number of carbonyl (C=O) groups is 2. The number of amides is 2. The standard InChI is InChI=1S/C30H38N2O2/c1-5-24(31-29(34)30(2,3)4)20-27(33)32-18-16-23(17-19-32)28-25-12-8-6-10-21(25)14-15-22-11-7-9-13-26(22)28/h6-13,24H,5,14-20H2,1-4H3,(H,31,34). The van der Waals surface area contributed by atoms with E-state index in [9.17, 15) is 9.59 Å². The molecule has 4 heteroatoms. The first-order valence-corrected chi connectivity index (χ1v) is 12.7. The maximum absolute atomic E-state index is 13.1. The highest BCUT2D eigenvalue weighted by Gasteiger charge is 2.28. The Kier molecular flexibility index (Phi) is 7.25. The third kappa shape index (κ3) is 5.27. The maximum Gasteiger partial charge on any atom is 0.225 e. The van der Waals surface area contributed by atoms with Crippen LogP contribution in [0.3, 0.4) is 0 Å². The van der Waals surface area contributed by atoms with Gasteiger partial charge in [-0.2, -0.15) is 0 Å². The third-order valence-corrected chi connectivity index (χ3v) is 7.24. The molecule has 1 aliphatic carbocycles. The molecule has 0 bridgehead atoms. The highest BCUT2D eigenvalue weighted by Crippen LogP contribution is 2.38. The van der Waals surface area contributed by atoms with Gasteiger partial charge in [-0.05, 0) is 59.9 Å². The molecular weight excluding hydrogens is 420 g/mol. The summed E-state index contributed by atoms with van der Waals surface area (Å²) in [6, 6.07) is 17.5. The Morgan fingerprint density at radius 1 is 0.882 bits per heavy atom. The summed E-state index contributed by atoms with van der Waals surface area (Å²) in [5.41, 5.74) is 7.95. The normalized spacial score (nSPS) is 16.9. The zero-order chi connectivity index (χ0) is 24.3. The second-order valence-electron chi connectivity index (χ2n) is 10.7. The minimum atomic E-state index is -0.450. The Morgan fingerprint density at radius 2 is 1.41 bits per heavy atom. The largest absolute Gasteiger partial charge is 0.352 e. The molecule has 1 N–H and O–H groups in total. The second-order valence-corrected chi connectivity index (χ2v) is 10.7. The van der Waals surface area contributed by atoms with Crippen LogP contribution in [0.15, 0.2) is 54.1 Å². The summed E-state index contributed by atoms with van der Waals surface area (Å²) in [6.07, 6.45) is 5.05. The van der Waals surface area contributed by atoms with E-state index in [1.165, 1.54) is 33.4 Å². The molecule has 0 aromatic heterocycles. The number of hydrogen-bond acceptors (Lipinski definition) is 2. The van der Waals surface area contributed by atoms with Crippen molar-refractivity contribution in [3.8, 4) is 0 Å². The molecule has 34 heavy (non-hydrogen) atoms. The molecular formula is C30H38N2O2. The highest BCUT2D eigenvalue weighted by molar-refractivity contribution is 5.87. The lowest BCUT2D eigenvalue weighted by molar-refractivity contribution is -0.133. The van der Waals surface area contributed by atoms with E-state index < -0.39 is 5.41 Å². The van der Waals surface area contributed by atoms with Gasteiger partial charge in [0, 0.05) is 31.0 Å². The molecule has 2 amide bonds. The number of rotatable bonds is 4. The third-order valence-electron chi connectivity index (χ3n) is 7.24. The van der Waals surface area contributed by atoms with Gasteiger partial charge < -0.3 is 10.2 Å². The minimum Gasteiger partial charge on any atom is -0.352 e. The molecule has 1 fully saturated rings. The van der Waals surface area contributed by atoms with Gasteiger partial charge >= 0.3 is 0 Å². The molecule has 2 aliphatic rings. The molecule has 0 spiro atoms. The van der Waals surface area contributed by atoms with Crippen molar-refractivity contribution >= 4 is 17.4 Å². The zero-order valence-electron chi connectivity index (χ0n) is 21.1. The van der Waals surface area contributed by atoms with Crippen molar-refractivity contribution in [1.82, 2.24) is 10.2 Å². The van der Waals surface area contributed by atoms with Crippen molar-refractivity contribution in [3.63, 3.8) is 0 Å². The number of fused-ring (bicyclic) bond motifs is 2. The quantitative estimate of drug-likeness (QED) is 0.654. The van der Waals surface area contributed by atoms with E-state index in [1.807, 2.05) is 32.6 Å². The van der Waals surface area contributed by atoms with E-state index in [4.69, 9.17) is 0 Å². The van der Waals surface area contributed by atoms with Crippen LogP contribution in [-0.2, 0) is 22.4 Å². The lowest BCUT2D eigenvalue weighted by atomic mass is 9.86. The first kappa shape index (κ1) is 24.3. The summed E-state index contributed by atoms with van der Waals surface area (Å²) in [4.78, 5) is 27.5. The molecule has 180 valence electrons. The number of likely N-dealkylation sites (tertiary alicyclic amines) is 1. The molecule has 2 aromatic rings. The number of nitrogens with one attached hydrogen (secondary N) is 1. The molecule has 1 heterocycles. The molecule has 0 saturated carbocycles. The molecule has 1 aliphatic heterocycles. The smallest absolute Gasteiger partial charge is 0.225 e. The van der Waals surface area contributed by atoms with Crippen LogP contribution >= 0.6 is 0 Å². The summed E-state index contributed by atoms with van der Waals surface area (Å²) in [5.74, 6) is 0.148. The lowest BCUT2D eigenvalue weighted by Crippen LogP contribution is -2.45. The molecule has 1 unspecified atom stereocenters. The Bertz CT molecular complexity index is 1030.